The number of esters is 4. The Kier molecular flexibility index (Phi) is 8.30. The largest absolute Gasteiger partial charge is 0.463 e. The van der Waals surface area contributed by atoms with Gasteiger partial charge in [-0.25, -0.2) is 0 Å². The second-order valence-electron chi connectivity index (χ2n) is 5.31. The van der Waals surface area contributed by atoms with Crippen molar-refractivity contribution in [3.63, 3.8) is 0 Å². The molecular formula is C15H19NO9S. The minimum Gasteiger partial charge on any atom is -0.463 e. The van der Waals surface area contributed by atoms with E-state index in [1.54, 1.807) is 0 Å². The Labute approximate surface area is 154 Å². The number of thiocarbonyl (C=S) groups is 1. The van der Waals surface area contributed by atoms with Gasteiger partial charge in [0.1, 0.15) is 12.7 Å². The Bertz CT molecular complexity index is 616. The molecular weight excluding hydrogens is 370 g/mol. The average molecular weight is 389 g/mol. The summed E-state index contributed by atoms with van der Waals surface area (Å²) in [4.78, 5) is 49.3. The van der Waals surface area contributed by atoms with Crippen molar-refractivity contribution in [3.8, 4) is 0 Å². The first-order chi connectivity index (χ1) is 12.1. The summed E-state index contributed by atoms with van der Waals surface area (Å²) in [6.07, 6.45) is -5.96. The third-order valence-electron chi connectivity index (χ3n) is 3.15. The van der Waals surface area contributed by atoms with E-state index in [1.165, 1.54) is 6.92 Å². The van der Waals surface area contributed by atoms with E-state index in [0.29, 0.717) is 0 Å². The zero-order valence-electron chi connectivity index (χ0n) is 14.6. The summed E-state index contributed by atoms with van der Waals surface area (Å²) in [5.41, 5.74) is 0. The van der Waals surface area contributed by atoms with Crippen LogP contribution >= 0.6 is 12.2 Å². The average Bonchev–Trinajstić information content (AvgIpc) is 2.50. The molecule has 0 amide bonds. The highest BCUT2D eigenvalue weighted by Crippen LogP contribution is 2.29. The van der Waals surface area contributed by atoms with Gasteiger partial charge in [-0.1, -0.05) is 0 Å². The highest BCUT2D eigenvalue weighted by atomic mass is 32.1. The third kappa shape index (κ3) is 6.51. The van der Waals surface area contributed by atoms with Crippen LogP contribution in [-0.4, -0.2) is 66.3 Å². The van der Waals surface area contributed by atoms with Gasteiger partial charge >= 0.3 is 23.9 Å². The normalized spacial score (nSPS) is 27.5. The Balaban J connectivity index is 3.28. The molecule has 0 N–H and O–H groups in total. The van der Waals surface area contributed by atoms with Gasteiger partial charge in [0.25, 0.3) is 0 Å². The molecule has 0 aromatic rings. The molecule has 0 bridgehead atoms. The zero-order valence-corrected chi connectivity index (χ0v) is 15.4. The van der Waals surface area contributed by atoms with Crippen molar-refractivity contribution in [2.45, 2.75) is 58.3 Å². The number of hydrogen-bond donors (Lipinski definition) is 0. The molecule has 0 saturated carbocycles. The van der Waals surface area contributed by atoms with Crippen molar-refractivity contribution in [1.29, 1.82) is 0 Å². The van der Waals surface area contributed by atoms with Crippen LogP contribution in [0.25, 0.3) is 0 Å². The van der Waals surface area contributed by atoms with Crippen LogP contribution in [0.1, 0.15) is 27.7 Å². The topological polar surface area (TPSA) is 127 Å². The van der Waals surface area contributed by atoms with Gasteiger partial charge in [-0.15, -0.1) is 0 Å². The number of carbonyl (C=O) groups excluding carboxylic acids is 4. The van der Waals surface area contributed by atoms with Crippen LogP contribution in [0.5, 0.6) is 0 Å². The standard InChI is InChI=1S/C15H19NO9S/c1-7(17)21-5-11-12(22-8(2)18)13(23-9(3)19)14(24-10(4)20)15(25-11)16-6-26/h11-15H,5H2,1-4H3/t11-,12-,13+,14+,15-/m0/s1. The summed E-state index contributed by atoms with van der Waals surface area (Å²) in [5, 5.41) is 2.09. The molecule has 144 valence electrons. The second kappa shape index (κ2) is 9.95. The van der Waals surface area contributed by atoms with Gasteiger partial charge in [-0.2, -0.15) is 4.99 Å². The van der Waals surface area contributed by atoms with Crippen molar-refractivity contribution in [2.75, 3.05) is 6.61 Å². The number of rotatable bonds is 6. The Morgan fingerprint density at radius 2 is 1.38 bits per heavy atom. The summed E-state index contributed by atoms with van der Waals surface area (Å²) in [7, 11) is 0. The van der Waals surface area contributed by atoms with Crippen LogP contribution < -0.4 is 0 Å². The van der Waals surface area contributed by atoms with E-state index in [9.17, 15) is 19.2 Å². The molecule has 0 radical (unpaired) electrons. The van der Waals surface area contributed by atoms with Gasteiger partial charge in [0.2, 0.25) is 0 Å². The number of ether oxygens (including phenoxy) is 5. The summed E-state index contributed by atoms with van der Waals surface area (Å²) in [5.74, 6) is -2.74. The fourth-order valence-electron chi connectivity index (χ4n) is 2.36. The Hall–Kier alpha value is -2.36. The fraction of sp³-hybridized carbons (Fsp3) is 0.667. The molecule has 26 heavy (non-hydrogen) atoms. The van der Waals surface area contributed by atoms with E-state index in [0.717, 1.165) is 20.8 Å². The van der Waals surface area contributed by atoms with Crippen molar-refractivity contribution >= 4 is 41.3 Å². The van der Waals surface area contributed by atoms with Crippen LogP contribution in [-0.2, 0) is 42.9 Å². The zero-order chi connectivity index (χ0) is 19.9. The molecule has 1 aliphatic heterocycles. The quantitative estimate of drug-likeness (QED) is 0.268. The molecule has 0 aromatic heterocycles. The summed E-state index contributed by atoms with van der Waals surface area (Å²) < 4.78 is 26.0. The molecule has 0 unspecified atom stereocenters. The molecule has 5 atom stereocenters. The fourth-order valence-corrected chi connectivity index (χ4v) is 2.47. The SMILES string of the molecule is CC(=O)OC[C@@H]1O[C@H](N=C=S)[C@H](OC(C)=O)[C@H](OC(C)=O)[C@H]1OC(C)=O. The first kappa shape index (κ1) is 21.7. The first-order valence-corrected chi connectivity index (χ1v) is 7.94. The van der Waals surface area contributed by atoms with Gasteiger partial charge < -0.3 is 23.7 Å². The van der Waals surface area contributed by atoms with Crippen LogP contribution in [0.2, 0.25) is 0 Å². The van der Waals surface area contributed by atoms with E-state index < -0.39 is 54.5 Å². The van der Waals surface area contributed by atoms with Crippen molar-refractivity contribution in [2.24, 2.45) is 4.99 Å². The molecule has 0 aromatic carbocycles. The molecule has 10 nitrogen and oxygen atoms in total. The molecule has 1 rings (SSSR count). The lowest BCUT2D eigenvalue weighted by Gasteiger charge is -2.42. The van der Waals surface area contributed by atoms with Crippen LogP contribution in [0.15, 0.2) is 4.99 Å². The van der Waals surface area contributed by atoms with Gasteiger partial charge in [-0.3, -0.25) is 19.2 Å². The maximum atomic E-state index is 11.5. The van der Waals surface area contributed by atoms with E-state index in [4.69, 9.17) is 23.7 Å². The minimum absolute atomic E-state index is 0.318. The van der Waals surface area contributed by atoms with Crippen molar-refractivity contribution < 1.29 is 42.9 Å². The minimum atomic E-state index is -1.26. The summed E-state index contributed by atoms with van der Waals surface area (Å²) in [6, 6.07) is 0. The van der Waals surface area contributed by atoms with E-state index >= 15 is 0 Å². The maximum absolute atomic E-state index is 11.5. The van der Waals surface area contributed by atoms with E-state index in [-0.39, 0.29) is 6.61 Å². The second-order valence-corrected chi connectivity index (χ2v) is 5.49. The first-order valence-electron chi connectivity index (χ1n) is 7.53. The lowest BCUT2D eigenvalue weighted by atomic mass is 9.97. The number of carbonyl (C=O) groups is 4. The number of isothiocyanates is 1. The van der Waals surface area contributed by atoms with Crippen LogP contribution in [0.4, 0.5) is 0 Å². The highest BCUT2D eigenvalue weighted by Gasteiger charge is 2.52. The Morgan fingerprint density at radius 3 is 1.85 bits per heavy atom. The predicted molar refractivity (Wildman–Crippen MR) is 87.0 cm³/mol. The van der Waals surface area contributed by atoms with Crippen LogP contribution in [0.3, 0.4) is 0 Å². The summed E-state index contributed by atoms with van der Waals surface area (Å²) in [6.45, 7) is 4.26. The van der Waals surface area contributed by atoms with E-state index in [1.807, 2.05) is 0 Å². The number of nitrogens with zero attached hydrogens (tertiary/aromatic N) is 1. The molecule has 1 heterocycles. The monoisotopic (exact) mass is 389 g/mol. The third-order valence-corrected chi connectivity index (χ3v) is 3.25. The van der Waals surface area contributed by atoms with Gasteiger partial charge in [0, 0.05) is 27.7 Å². The molecule has 11 heteroatoms. The Morgan fingerprint density at radius 1 is 0.885 bits per heavy atom. The smallest absolute Gasteiger partial charge is 0.303 e. The maximum Gasteiger partial charge on any atom is 0.303 e. The van der Waals surface area contributed by atoms with E-state index in [2.05, 4.69) is 22.4 Å². The van der Waals surface area contributed by atoms with Gasteiger partial charge in [0.15, 0.2) is 24.5 Å². The molecule has 1 fully saturated rings. The van der Waals surface area contributed by atoms with Gasteiger partial charge in [-0.05, 0) is 12.2 Å². The van der Waals surface area contributed by atoms with Crippen molar-refractivity contribution in [3.05, 3.63) is 0 Å². The predicted octanol–water partition coefficient (Wildman–Crippen LogP) is 0.172. The molecule has 0 aliphatic carbocycles. The number of hydrogen-bond acceptors (Lipinski definition) is 11. The van der Waals surface area contributed by atoms with Crippen molar-refractivity contribution in [1.82, 2.24) is 0 Å². The highest BCUT2D eigenvalue weighted by molar-refractivity contribution is 7.78. The lowest BCUT2D eigenvalue weighted by Crippen LogP contribution is -2.61. The lowest BCUT2D eigenvalue weighted by molar-refractivity contribution is -0.250. The number of aliphatic imine (C=N–C) groups is 1. The molecule has 1 aliphatic rings. The van der Waals surface area contributed by atoms with Gasteiger partial charge in [0.05, 0.1) is 5.16 Å². The van der Waals surface area contributed by atoms with Crippen LogP contribution in [0, 0.1) is 0 Å². The molecule has 0 spiro atoms. The molecule has 1 saturated heterocycles. The summed E-state index contributed by atoms with van der Waals surface area (Å²) >= 11 is 4.55.